The molecule has 2 rings (SSSR count). The minimum absolute atomic E-state index is 0.0405. The van der Waals surface area contributed by atoms with Gasteiger partial charge in [-0.25, -0.2) is 4.79 Å². The number of ether oxygens (including phenoxy) is 2. The predicted octanol–water partition coefficient (Wildman–Crippen LogP) is 2.04. The molecule has 0 aromatic heterocycles. The SMILES string of the molecule is CC(=O)c1cccc(OCCCC(=O)NC(C(=O)O)C2CCCOC2)c1. The van der Waals surface area contributed by atoms with Crippen molar-refractivity contribution in [2.45, 2.75) is 38.6 Å². The summed E-state index contributed by atoms with van der Waals surface area (Å²) in [6, 6.07) is 5.93. The number of carbonyl (C=O) groups is 3. The zero-order valence-corrected chi connectivity index (χ0v) is 14.9. The van der Waals surface area contributed by atoms with Crippen molar-refractivity contribution >= 4 is 17.7 Å². The van der Waals surface area contributed by atoms with Gasteiger partial charge in [-0.3, -0.25) is 9.59 Å². The van der Waals surface area contributed by atoms with Gasteiger partial charge < -0.3 is 19.9 Å². The number of hydrogen-bond acceptors (Lipinski definition) is 5. The maximum absolute atomic E-state index is 12.0. The molecule has 0 bridgehead atoms. The largest absolute Gasteiger partial charge is 0.494 e. The maximum Gasteiger partial charge on any atom is 0.326 e. The van der Waals surface area contributed by atoms with E-state index in [1.54, 1.807) is 24.3 Å². The third kappa shape index (κ3) is 6.15. The number of benzene rings is 1. The number of rotatable bonds is 9. The Kier molecular flexibility index (Phi) is 7.59. The highest BCUT2D eigenvalue weighted by molar-refractivity contribution is 5.94. The van der Waals surface area contributed by atoms with E-state index in [1.165, 1.54) is 6.92 Å². The molecule has 2 N–H and O–H groups in total. The molecule has 1 aliphatic rings. The fraction of sp³-hybridized carbons (Fsp3) is 0.526. The van der Waals surface area contributed by atoms with Crippen LogP contribution < -0.4 is 10.1 Å². The van der Waals surface area contributed by atoms with Gasteiger partial charge in [0.1, 0.15) is 11.8 Å². The summed E-state index contributed by atoms with van der Waals surface area (Å²) in [6.07, 6.45) is 2.15. The van der Waals surface area contributed by atoms with Crippen LogP contribution in [0.1, 0.15) is 43.0 Å². The van der Waals surface area contributed by atoms with Gasteiger partial charge in [-0.2, -0.15) is 0 Å². The average Bonchev–Trinajstić information content (AvgIpc) is 2.64. The highest BCUT2D eigenvalue weighted by Gasteiger charge is 2.31. The van der Waals surface area contributed by atoms with E-state index in [0.29, 0.717) is 37.6 Å². The molecule has 7 nitrogen and oxygen atoms in total. The highest BCUT2D eigenvalue weighted by Crippen LogP contribution is 2.18. The predicted molar refractivity (Wildman–Crippen MR) is 94.3 cm³/mol. The summed E-state index contributed by atoms with van der Waals surface area (Å²) in [5.41, 5.74) is 0.569. The van der Waals surface area contributed by atoms with E-state index >= 15 is 0 Å². The van der Waals surface area contributed by atoms with Crippen molar-refractivity contribution < 1.29 is 29.0 Å². The average molecular weight is 363 g/mol. The molecular weight excluding hydrogens is 338 g/mol. The molecule has 0 aliphatic carbocycles. The van der Waals surface area contributed by atoms with Crippen molar-refractivity contribution in [2.75, 3.05) is 19.8 Å². The van der Waals surface area contributed by atoms with Crippen molar-refractivity contribution in [3.8, 4) is 5.75 Å². The van der Waals surface area contributed by atoms with Crippen LogP contribution in [0.5, 0.6) is 5.75 Å². The Morgan fingerprint density at radius 1 is 1.38 bits per heavy atom. The molecular formula is C19H25NO6. The van der Waals surface area contributed by atoms with Gasteiger partial charge in [0.15, 0.2) is 5.78 Å². The van der Waals surface area contributed by atoms with Crippen molar-refractivity contribution in [1.82, 2.24) is 5.32 Å². The van der Waals surface area contributed by atoms with E-state index in [9.17, 15) is 19.5 Å². The molecule has 1 fully saturated rings. The van der Waals surface area contributed by atoms with E-state index < -0.39 is 12.0 Å². The normalized spacial score (nSPS) is 18.0. The van der Waals surface area contributed by atoms with E-state index in [1.807, 2.05) is 0 Å². The lowest BCUT2D eigenvalue weighted by atomic mass is 9.93. The fourth-order valence-electron chi connectivity index (χ4n) is 2.88. The molecule has 1 aromatic rings. The van der Waals surface area contributed by atoms with E-state index in [0.717, 1.165) is 12.8 Å². The molecule has 7 heteroatoms. The van der Waals surface area contributed by atoms with Gasteiger partial charge in [0, 0.05) is 24.5 Å². The standard InChI is InChI=1S/C19H25NO6/c1-13(21)14-5-2-7-16(11-14)26-10-4-8-17(22)20-18(19(23)24)15-6-3-9-25-12-15/h2,5,7,11,15,18H,3-4,6,8-10,12H2,1H3,(H,20,22)(H,23,24). The Morgan fingerprint density at radius 3 is 2.85 bits per heavy atom. The summed E-state index contributed by atoms with van der Waals surface area (Å²) in [6.45, 7) is 2.78. The zero-order valence-electron chi connectivity index (χ0n) is 14.9. The van der Waals surface area contributed by atoms with Gasteiger partial charge in [-0.05, 0) is 38.3 Å². The van der Waals surface area contributed by atoms with Crippen molar-refractivity contribution in [3.05, 3.63) is 29.8 Å². The first-order valence-electron chi connectivity index (χ1n) is 8.81. The molecule has 1 heterocycles. The van der Waals surface area contributed by atoms with Crippen LogP contribution in [0.4, 0.5) is 0 Å². The summed E-state index contributed by atoms with van der Waals surface area (Å²) in [4.78, 5) is 34.8. The number of aliphatic carboxylic acids is 1. The van der Waals surface area contributed by atoms with Gasteiger partial charge in [0.05, 0.1) is 13.2 Å². The molecule has 0 radical (unpaired) electrons. The number of hydrogen-bond donors (Lipinski definition) is 2. The van der Waals surface area contributed by atoms with Crippen LogP contribution >= 0.6 is 0 Å². The maximum atomic E-state index is 12.0. The van der Waals surface area contributed by atoms with Gasteiger partial charge in [-0.15, -0.1) is 0 Å². The van der Waals surface area contributed by atoms with E-state index in [-0.39, 0.29) is 24.0 Å². The molecule has 1 aromatic carbocycles. The Morgan fingerprint density at radius 2 is 2.19 bits per heavy atom. The van der Waals surface area contributed by atoms with Crippen LogP contribution in [-0.4, -0.2) is 48.6 Å². The van der Waals surface area contributed by atoms with Gasteiger partial charge in [0.2, 0.25) is 5.91 Å². The molecule has 1 amide bonds. The molecule has 142 valence electrons. The van der Waals surface area contributed by atoms with Gasteiger partial charge in [-0.1, -0.05) is 12.1 Å². The number of carboxylic acids is 1. The number of ketones is 1. The van der Waals surface area contributed by atoms with Crippen molar-refractivity contribution in [3.63, 3.8) is 0 Å². The monoisotopic (exact) mass is 363 g/mol. The second-order valence-electron chi connectivity index (χ2n) is 6.40. The summed E-state index contributed by atoms with van der Waals surface area (Å²) < 4.78 is 10.9. The molecule has 0 saturated carbocycles. The summed E-state index contributed by atoms with van der Waals surface area (Å²) in [7, 11) is 0. The lowest BCUT2D eigenvalue weighted by molar-refractivity contribution is -0.145. The molecule has 2 unspecified atom stereocenters. The van der Waals surface area contributed by atoms with Crippen molar-refractivity contribution in [1.29, 1.82) is 0 Å². The Balaban J connectivity index is 1.74. The van der Waals surface area contributed by atoms with Crippen LogP contribution in [0.3, 0.4) is 0 Å². The topological polar surface area (TPSA) is 102 Å². The summed E-state index contributed by atoms with van der Waals surface area (Å²) >= 11 is 0. The minimum Gasteiger partial charge on any atom is -0.494 e. The van der Waals surface area contributed by atoms with Crippen LogP contribution in [0.25, 0.3) is 0 Å². The molecule has 0 spiro atoms. The minimum atomic E-state index is -1.04. The third-order valence-corrected chi connectivity index (χ3v) is 4.31. The first-order chi connectivity index (χ1) is 12.5. The first kappa shape index (κ1) is 19.9. The summed E-state index contributed by atoms with van der Waals surface area (Å²) in [5, 5.41) is 11.9. The Bertz CT molecular complexity index is 639. The summed E-state index contributed by atoms with van der Waals surface area (Å²) in [5.74, 6) is -1.02. The quantitative estimate of drug-likeness (QED) is 0.514. The van der Waals surface area contributed by atoms with Crippen LogP contribution in [-0.2, 0) is 14.3 Å². The molecule has 26 heavy (non-hydrogen) atoms. The number of nitrogens with one attached hydrogen (secondary N) is 1. The van der Waals surface area contributed by atoms with Crippen LogP contribution in [0.2, 0.25) is 0 Å². The van der Waals surface area contributed by atoms with Gasteiger partial charge in [0.25, 0.3) is 0 Å². The fourth-order valence-corrected chi connectivity index (χ4v) is 2.88. The smallest absolute Gasteiger partial charge is 0.326 e. The molecule has 2 atom stereocenters. The van der Waals surface area contributed by atoms with Crippen LogP contribution in [0.15, 0.2) is 24.3 Å². The second-order valence-corrected chi connectivity index (χ2v) is 6.40. The third-order valence-electron chi connectivity index (χ3n) is 4.31. The number of Topliss-reactive ketones (excluding diaryl/α,β-unsaturated/α-hetero) is 1. The Hall–Kier alpha value is -2.41. The number of amides is 1. The van der Waals surface area contributed by atoms with Gasteiger partial charge >= 0.3 is 5.97 Å². The van der Waals surface area contributed by atoms with E-state index in [4.69, 9.17) is 9.47 Å². The zero-order chi connectivity index (χ0) is 18.9. The Labute approximate surface area is 152 Å². The first-order valence-corrected chi connectivity index (χ1v) is 8.81. The second kappa shape index (κ2) is 9.91. The van der Waals surface area contributed by atoms with E-state index in [2.05, 4.69) is 5.32 Å². The number of carboxylic acid groups (broad SMARTS) is 1. The van der Waals surface area contributed by atoms with Crippen molar-refractivity contribution in [2.24, 2.45) is 5.92 Å². The highest BCUT2D eigenvalue weighted by atomic mass is 16.5. The lowest BCUT2D eigenvalue weighted by Gasteiger charge is -2.28. The number of carbonyl (C=O) groups excluding carboxylic acids is 2. The van der Waals surface area contributed by atoms with Crippen LogP contribution in [0, 0.1) is 5.92 Å². The molecule has 1 saturated heterocycles. The molecule has 1 aliphatic heterocycles. The lowest BCUT2D eigenvalue weighted by Crippen LogP contribution is -2.48.